The van der Waals surface area contributed by atoms with E-state index in [2.05, 4.69) is 55.5 Å². The van der Waals surface area contributed by atoms with Crippen LogP contribution in [0.5, 0.6) is 0 Å². The highest BCUT2D eigenvalue weighted by molar-refractivity contribution is 7.47. The Morgan fingerprint density at radius 1 is 0.623 bits per heavy atom. The van der Waals surface area contributed by atoms with Crippen molar-refractivity contribution in [3.63, 3.8) is 0 Å². The first-order chi connectivity index (χ1) is 25.9. The van der Waals surface area contributed by atoms with Gasteiger partial charge in [-0.05, 0) is 70.3 Å². The predicted octanol–water partition coefficient (Wildman–Crippen LogP) is 11.5. The maximum atomic E-state index is 12.4. The summed E-state index contributed by atoms with van der Waals surface area (Å²) < 4.78 is 33.1. The zero-order valence-corrected chi connectivity index (χ0v) is 34.3. The minimum atomic E-state index is -4.28. The van der Waals surface area contributed by atoms with Crippen molar-refractivity contribution in [2.75, 3.05) is 33.0 Å². The second-order valence-electron chi connectivity index (χ2n) is 13.6. The van der Waals surface area contributed by atoms with Crippen molar-refractivity contribution >= 4 is 13.8 Å². The molecule has 0 spiro atoms. The average molecular weight is 768 g/mol. The van der Waals surface area contributed by atoms with Gasteiger partial charge in [-0.2, -0.15) is 0 Å². The summed E-state index contributed by atoms with van der Waals surface area (Å²) in [7, 11) is -4.28. The van der Waals surface area contributed by atoms with Gasteiger partial charge < -0.3 is 25.2 Å². The quantitative estimate of drug-likeness (QED) is 0.0183. The second kappa shape index (κ2) is 41.2. The monoisotopic (exact) mass is 768 g/mol. The summed E-state index contributed by atoms with van der Waals surface area (Å²) in [6.07, 6.45) is 47.8. The molecule has 0 saturated carbocycles. The number of nitrogens with two attached hydrogens (primary N) is 1. The fourth-order valence-corrected chi connectivity index (χ4v) is 6.19. The topological polar surface area (TPSA) is 138 Å². The van der Waals surface area contributed by atoms with Crippen LogP contribution in [-0.2, 0) is 27.9 Å². The Labute approximate surface area is 324 Å². The Hall–Kier alpha value is -2.00. The smallest absolute Gasteiger partial charge is 0.472 e. The number of hydrogen-bond donors (Lipinski definition) is 3. The number of carbonyl (C=O) groups excluding carboxylic acids is 1. The number of aliphatic hydroxyl groups excluding tert-OH is 1. The number of esters is 1. The first-order valence-corrected chi connectivity index (χ1v) is 22.4. The van der Waals surface area contributed by atoms with Crippen LogP contribution in [0.15, 0.2) is 60.9 Å². The molecule has 0 saturated heterocycles. The molecule has 9 nitrogen and oxygen atoms in total. The second-order valence-corrected chi connectivity index (χ2v) is 15.1. The van der Waals surface area contributed by atoms with E-state index < -0.39 is 13.9 Å². The predicted molar refractivity (Wildman–Crippen MR) is 221 cm³/mol. The van der Waals surface area contributed by atoms with Crippen LogP contribution >= 0.6 is 7.82 Å². The number of carbonyl (C=O) groups is 1. The summed E-state index contributed by atoms with van der Waals surface area (Å²) in [5, 5.41) is 8.78. The molecule has 0 bridgehead atoms. The number of unbranched alkanes of at least 4 members (excludes halogenated alkanes) is 18. The molecule has 0 fully saturated rings. The van der Waals surface area contributed by atoms with Crippen molar-refractivity contribution in [3.8, 4) is 0 Å². The van der Waals surface area contributed by atoms with Crippen molar-refractivity contribution in [2.45, 2.75) is 174 Å². The summed E-state index contributed by atoms with van der Waals surface area (Å²) in [5.41, 5.74) is 5.35. The molecule has 2 atom stereocenters. The molecule has 0 rings (SSSR count). The minimum absolute atomic E-state index is 0.0874. The van der Waals surface area contributed by atoms with E-state index in [0.717, 1.165) is 64.2 Å². The maximum Gasteiger partial charge on any atom is 0.472 e. The average Bonchev–Trinajstić information content (AvgIpc) is 3.15. The third-order valence-electron chi connectivity index (χ3n) is 8.58. The molecule has 1 unspecified atom stereocenters. The van der Waals surface area contributed by atoms with Gasteiger partial charge in [0.15, 0.2) is 6.10 Å². The molecule has 0 aromatic carbocycles. The molecule has 308 valence electrons. The highest BCUT2D eigenvalue weighted by atomic mass is 31.2. The first kappa shape index (κ1) is 51.0. The fourth-order valence-electron chi connectivity index (χ4n) is 5.42. The molecule has 53 heavy (non-hydrogen) atoms. The van der Waals surface area contributed by atoms with E-state index >= 15 is 0 Å². The Bertz CT molecular complexity index is 997. The third-order valence-corrected chi connectivity index (χ3v) is 9.57. The lowest BCUT2D eigenvalue weighted by atomic mass is 10.0. The molecule has 0 aliphatic carbocycles. The maximum absolute atomic E-state index is 12.4. The van der Waals surface area contributed by atoms with Crippen LogP contribution in [0.4, 0.5) is 0 Å². The van der Waals surface area contributed by atoms with Gasteiger partial charge in [-0.15, -0.1) is 0 Å². The lowest BCUT2D eigenvalue weighted by Gasteiger charge is -2.19. The molecule has 0 radical (unpaired) electrons. The van der Waals surface area contributed by atoms with E-state index in [4.69, 9.17) is 29.4 Å². The molecule has 10 heteroatoms. The van der Waals surface area contributed by atoms with Crippen LogP contribution in [0.3, 0.4) is 0 Å². The van der Waals surface area contributed by atoms with Crippen molar-refractivity contribution in [1.29, 1.82) is 0 Å². The molecule has 0 heterocycles. The number of phosphoric acid groups is 1. The van der Waals surface area contributed by atoms with Gasteiger partial charge in [-0.3, -0.25) is 13.8 Å². The molecule has 0 aliphatic rings. The molecular weight excluding hydrogens is 689 g/mol. The third kappa shape index (κ3) is 41.0. The van der Waals surface area contributed by atoms with Crippen LogP contribution in [-0.4, -0.2) is 55.0 Å². The van der Waals surface area contributed by atoms with E-state index in [1.807, 2.05) is 6.08 Å². The van der Waals surface area contributed by atoms with Gasteiger partial charge in [0.1, 0.15) is 6.61 Å². The number of hydrogen-bond acceptors (Lipinski definition) is 8. The lowest BCUT2D eigenvalue weighted by molar-refractivity contribution is -0.147. The van der Waals surface area contributed by atoms with E-state index in [9.17, 15) is 14.3 Å². The number of allylic oxidation sites excluding steroid dienone is 9. The summed E-state index contributed by atoms with van der Waals surface area (Å²) in [6, 6.07) is 0. The van der Waals surface area contributed by atoms with Gasteiger partial charge in [0.2, 0.25) is 0 Å². The van der Waals surface area contributed by atoms with Crippen molar-refractivity contribution in [2.24, 2.45) is 5.73 Å². The minimum Gasteiger partial charge on any atom is -0.492 e. The van der Waals surface area contributed by atoms with Gasteiger partial charge in [0.25, 0.3) is 0 Å². The molecule has 0 aromatic heterocycles. The Morgan fingerprint density at radius 2 is 1.09 bits per heavy atom. The molecule has 0 aromatic rings. The molecular formula is C43H78NO8P. The zero-order chi connectivity index (χ0) is 38.8. The number of phosphoric ester groups is 1. The highest BCUT2D eigenvalue weighted by Crippen LogP contribution is 2.43. The molecule has 4 N–H and O–H groups in total. The number of rotatable bonds is 40. The standard InChI is InChI=1S/C43H78NO8P/c1-2-3-4-5-6-7-8-9-10-16-19-22-25-28-31-34-38-49-42(41-52-53(47,48)51-39-36-44)40-50-43(46)35-32-29-26-23-20-17-14-12-11-13-15-18-21-24-27-30-33-37-45/h11,13-14,17-18,21,23,26,34,38,42,45H,2-10,12,15-16,19-20,22,24-25,27-33,35-37,39-41,44H2,1H3,(H,47,48)/b13-11-,17-14-,21-18-,26-23-,38-34+/t42-/m1/s1. The Balaban J connectivity index is 4.19. The van der Waals surface area contributed by atoms with E-state index in [0.29, 0.717) is 6.42 Å². The van der Waals surface area contributed by atoms with Gasteiger partial charge in [-0.25, -0.2) is 4.57 Å². The van der Waals surface area contributed by atoms with Crippen molar-refractivity contribution < 1.29 is 37.9 Å². The van der Waals surface area contributed by atoms with Crippen LogP contribution in [0.2, 0.25) is 0 Å². The van der Waals surface area contributed by atoms with E-state index in [-0.39, 0.29) is 45.4 Å². The normalized spacial score (nSPS) is 14.0. The SMILES string of the molecule is CCCCCCCCCCCCCCCC/C=C/O[C@H](COC(=O)CCC/C=C\C/C=C\C/C=C\C/C=C\CCCCCO)COP(=O)(O)OCCN. The van der Waals surface area contributed by atoms with Crippen molar-refractivity contribution in [1.82, 2.24) is 0 Å². The summed E-state index contributed by atoms with van der Waals surface area (Å²) in [6.45, 7) is 2.15. The summed E-state index contributed by atoms with van der Waals surface area (Å²) in [4.78, 5) is 22.2. The number of ether oxygens (including phenoxy) is 2. The largest absolute Gasteiger partial charge is 0.492 e. The van der Waals surface area contributed by atoms with Crippen LogP contribution in [0.1, 0.15) is 167 Å². The lowest BCUT2D eigenvalue weighted by Crippen LogP contribution is -2.25. The Morgan fingerprint density at radius 3 is 1.62 bits per heavy atom. The van der Waals surface area contributed by atoms with E-state index in [1.54, 1.807) is 6.26 Å². The summed E-state index contributed by atoms with van der Waals surface area (Å²) in [5.74, 6) is -0.354. The molecule has 0 aliphatic heterocycles. The van der Waals surface area contributed by atoms with Crippen molar-refractivity contribution in [3.05, 3.63) is 60.9 Å². The van der Waals surface area contributed by atoms with Gasteiger partial charge in [0, 0.05) is 19.6 Å². The zero-order valence-electron chi connectivity index (χ0n) is 33.4. The van der Waals surface area contributed by atoms with Gasteiger partial charge in [0.05, 0.1) is 19.5 Å². The highest BCUT2D eigenvalue weighted by Gasteiger charge is 2.24. The molecule has 0 amide bonds. The first-order valence-electron chi connectivity index (χ1n) is 20.9. The van der Waals surface area contributed by atoms with Gasteiger partial charge >= 0.3 is 13.8 Å². The van der Waals surface area contributed by atoms with E-state index in [1.165, 1.54) is 83.5 Å². The van der Waals surface area contributed by atoms with Crippen LogP contribution in [0, 0.1) is 0 Å². The Kier molecular flexibility index (Phi) is 39.6. The van der Waals surface area contributed by atoms with Gasteiger partial charge in [-0.1, -0.05) is 145 Å². The number of aliphatic hydroxyl groups is 1. The summed E-state index contributed by atoms with van der Waals surface area (Å²) >= 11 is 0. The van der Waals surface area contributed by atoms with Crippen LogP contribution in [0.25, 0.3) is 0 Å². The fraction of sp³-hybridized carbons (Fsp3) is 0.744. The van der Waals surface area contributed by atoms with Crippen LogP contribution < -0.4 is 5.73 Å².